The lowest BCUT2D eigenvalue weighted by molar-refractivity contribution is -0.120. The van der Waals surface area contributed by atoms with Crippen LogP contribution in [0.25, 0.3) is 0 Å². The van der Waals surface area contributed by atoms with Crippen molar-refractivity contribution in [1.82, 2.24) is 10.6 Å². The first-order valence-electron chi connectivity index (χ1n) is 5.72. The van der Waals surface area contributed by atoms with Crippen LogP contribution in [0.4, 0.5) is 0 Å². The van der Waals surface area contributed by atoms with Gasteiger partial charge in [-0.05, 0) is 18.8 Å². The Labute approximate surface area is 91.5 Å². The van der Waals surface area contributed by atoms with E-state index in [0.29, 0.717) is 12.5 Å². The van der Waals surface area contributed by atoms with Gasteiger partial charge in [0.05, 0.1) is 12.4 Å². The van der Waals surface area contributed by atoms with Gasteiger partial charge in [0.15, 0.2) is 0 Å². The number of aliphatic imine (C=N–C) groups is 1. The number of carbonyl (C=O) groups is 1. The summed E-state index contributed by atoms with van der Waals surface area (Å²) in [4.78, 5) is 15.7. The summed E-state index contributed by atoms with van der Waals surface area (Å²) in [7, 11) is 0. The van der Waals surface area contributed by atoms with E-state index in [9.17, 15) is 4.79 Å². The quantitative estimate of drug-likeness (QED) is 0.727. The van der Waals surface area contributed by atoms with Crippen LogP contribution in [0.3, 0.4) is 0 Å². The average molecular weight is 211 g/mol. The number of hydrogen-bond donors (Lipinski definition) is 2. The molecule has 0 spiro atoms. The number of rotatable bonds is 4. The first-order chi connectivity index (χ1) is 7.18. The van der Waals surface area contributed by atoms with Crippen LogP contribution < -0.4 is 10.6 Å². The lowest BCUT2D eigenvalue weighted by Gasteiger charge is -2.14. The molecule has 1 rings (SSSR count). The van der Waals surface area contributed by atoms with Crippen LogP contribution in [0.5, 0.6) is 0 Å². The number of hydrogen-bond acceptors (Lipinski definition) is 3. The van der Waals surface area contributed by atoms with Crippen LogP contribution in [0.2, 0.25) is 0 Å². The summed E-state index contributed by atoms with van der Waals surface area (Å²) < 4.78 is 0. The summed E-state index contributed by atoms with van der Waals surface area (Å²) in [5.41, 5.74) is 0. The Morgan fingerprint density at radius 3 is 2.87 bits per heavy atom. The second-order valence-electron chi connectivity index (χ2n) is 4.34. The Hall–Kier alpha value is -1.06. The first kappa shape index (κ1) is 12.0. The van der Waals surface area contributed by atoms with Gasteiger partial charge in [0.1, 0.15) is 0 Å². The van der Waals surface area contributed by atoms with Crippen LogP contribution in [0.1, 0.15) is 33.1 Å². The molecule has 0 aliphatic carbocycles. The molecule has 86 valence electrons. The van der Waals surface area contributed by atoms with Gasteiger partial charge in [-0.15, -0.1) is 0 Å². The minimum atomic E-state index is 0.0528. The average Bonchev–Trinajstić information content (AvgIpc) is 2.25. The molecule has 0 unspecified atom stereocenters. The van der Waals surface area contributed by atoms with Crippen molar-refractivity contribution in [2.45, 2.75) is 33.1 Å². The number of carbonyl (C=O) groups excluding carboxylic acids is 1. The van der Waals surface area contributed by atoms with E-state index in [1.54, 1.807) is 0 Å². The van der Waals surface area contributed by atoms with Gasteiger partial charge in [-0.3, -0.25) is 9.79 Å². The van der Waals surface area contributed by atoms with E-state index in [1.165, 1.54) is 12.8 Å². The Balaban J connectivity index is 2.13. The van der Waals surface area contributed by atoms with E-state index in [4.69, 9.17) is 0 Å². The molecule has 0 saturated heterocycles. The molecule has 0 aromatic rings. The van der Waals surface area contributed by atoms with Gasteiger partial charge >= 0.3 is 0 Å². The Bertz CT molecular complexity index is 236. The number of nitrogens with one attached hydrogen (secondary N) is 2. The molecule has 1 heterocycles. The van der Waals surface area contributed by atoms with Gasteiger partial charge in [0, 0.05) is 19.5 Å². The van der Waals surface area contributed by atoms with Crippen molar-refractivity contribution in [2.24, 2.45) is 10.9 Å². The molecule has 2 N–H and O–H groups in total. The molecule has 0 radical (unpaired) electrons. The molecule has 0 atom stereocenters. The van der Waals surface area contributed by atoms with Crippen LogP contribution in [-0.4, -0.2) is 31.4 Å². The highest BCUT2D eigenvalue weighted by Gasteiger charge is 2.06. The minimum Gasteiger partial charge on any atom is -0.365 e. The zero-order valence-electron chi connectivity index (χ0n) is 9.68. The van der Waals surface area contributed by atoms with Gasteiger partial charge in [0.25, 0.3) is 0 Å². The van der Waals surface area contributed by atoms with E-state index in [1.807, 2.05) is 0 Å². The normalized spacial score (nSPS) is 16.1. The minimum absolute atomic E-state index is 0.0528. The predicted molar refractivity (Wildman–Crippen MR) is 62.0 cm³/mol. The fraction of sp³-hybridized carbons (Fsp3) is 0.818. The summed E-state index contributed by atoms with van der Waals surface area (Å²) in [6.45, 7) is 6.16. The summed E-state index contributed by atoms with van der Waals surface area (Å²) in [6.07, 6.45) is 3.33. The third-order valence-corrected chi connectivity index (χ3v) is 2.28. The van der Waals surface area contributed by atoms with E-state index in [0.717, 1.165) is 25.3 Å². The molecule has 1 amide bonds. The maximum absolute atomic E-state index is 11.4. The molecule has 0 bridgehead atoms. The Kier molecular flexibility index (Phi) is 5.15. The third kappa shape index (κ3) is 5.40. The van der Waals surface area contributed by atoms with Gasteiger partial charge in [-0.25, -0.2) is 0 Å². The first-order valence-corrected chi connectivity index (χ1v) is 5.72. The molecule has 0 aromatic carbocycles. The molecule has 1 aliphatic rings. The highest BCUT2D eigenvalue weighted by Crippen LogP contribution is 2.03. The third-order valence-electron chi connectivity index (χ3n) is 2.28. The predicted octanol–water partition coefficient (Wildman–Crippen LogP) is 0.931. The SMILES string of the molecule is CC(C)CNC(=O)CNC1=NCCCC1. The summed E-state index contributed by atoms with van der Waals surface area (Å²) >= 11 is 0. The van der Waals surface area contributed by atoms with E-state index in [2.05, 4.69) is 29.5 Å². The lowest BCUT2D eigenvalue weighted by atomic mass is 10.2. The standard InChI is InChI=1S/C11H21N3O/c1-9(2)7-14-11(15)8-13-10-5-3-4-6-12-10/h9H,3-8H2,1-2H3,(H,12,13)(H,14,15). The highest BCUT2D eigenvalue weighted by molar-refractivity contribution is 5.87. The van der Waals surface area contributed by atoms with Gasteiger partial charge in [-0.2, -0.15) is 0 Å². The molecule has 15 heavy (non-hydrogen) atoms. The zero-order chi connectivity index (χ0) is 11.1. The summed E-state index contributed by atoms with van der Waals surface area (Å²) in [6, 6.07) is 0. The fourth-order valence-electron chi connectivity index (χ4n) is 1.40. The van der Waals surface area contributed by atoms with E-state index < -0.39 is 0 Å². The molecule has 0 fully saturated rings. The zero-order valence-corrected chi connectivity index (χ0v) is 9.68. The van der Waals surface area contributed by atoms with Crippen molar-refractivity contribution in [3.8, 4) is 0 Å². The molecular formula is C11H21N3O. The highest BCUT2D eigenvalue weighted by atomic mass is 16.1. The van der Waals surface area contributed by atoms with Crippen molar-refractivity contribution in [1.29, 1.82) is 0 Å². The largest absolute Gasteiger partial charge is 0.365 e. The number of nitrogens with zero attached hydrogens (tertiary/aromatic N) is 1. The van der Waals surface area contributed by atoms with E-state index in [-0.39, 0.29) is 5.91 Å². The number of amidine groups is 1. The van der Waals surface area contributed by atoms with Crippen molar-refractivity contribution < 1.29 is 4.79 Å². The van der Waals surface area contributed by atoms with Crippen LogP contribution in [0, 0.1) is 5.92 Å². The maximum atomic E-state index is 11.4. The Morgan fingerprint density at radius 2 is 2.27 bits per heavy atom. The van der Waals surface area contributed by atoms with Gasteiger partial charge in [-0.1, -0.05) is 13.8 Å². The Morgan fingerprint density at radius 1 is 1.47 bits per heavy atom. The molecule has 0 aromatic heterocycles. The van der Waals surface area contributed by atoms with Crippen molar-refractivity contribution in [3.05, 3.63) is 0 Å². The lowest BCUT2D eigenvalue weighted by Crippen LogP contribution is -2.38. The van der Waals surface area contributed by atoms with Crippen LogP contribution >= 0.6 is 0 Å². The van der Waals surface area contributed by atoms with Gasteiger partial charge in [0.2, 0.25) is 5.91 Å². The van der Waals surface area contributed by atoms with Gasteiger partial charge < -0.3 is 10.6 Å². The van der Waals surface area contributed by atoms with Crippen molar-refractivity contribution >= 4 is 11.7 Å². The summed E-state index contributed by atoms with van der Waals surface area (Å²) in [5, 5.41) is 5.95. The fourth-order valence-corrected chi connectivity index (χ4v) is 1.40. The second-order valence-corrected chi connectivity index (χ2v) is 4.34. The van der Waals surface area contributed by atoms with Crippen LogP contribution in [0.15, 0.2) is 4.99 Å². The second kappa shape index (κ2) is 6.43. The molecular weight excluding hydrogens is 190 g/mol. The van der Waals surface area contributed by atoms with Crippen molar-refractivity contribution in [3.63, 3.8) is 0 Å². The number of amides is 1. The molecule has 1 aliphatic heterocycles. The molecule has 0 saturated carbocycles. The van der Waals surface area contributed by atoms with Crippen LogP contribution in [-0.2, 0) is 4.79 Å². The monoisotopic (exact) mass is 211 g/mol. The maximum Gasteiger partial charge on any atom is 0.239 e. The smallest absolute Gasteiger partial charge is 0.239 e. The topological polar surface area (TPSA) is 53.5 Å². The summed E-state index contributed by atoms with van der Waals surface area (Å²) in [5.74, 6) is 1.54. The molecule has 4 heteroatoms. The van der Waals surface area contributed by atoms with E-state index >= 15 is 0 Å². The van der Waals surface area contributed by atoms with Crippen molar-refractivity contribution in [2.75, 3.05) is 19.6 Å². The molecule has 4 nitrogen and oxygen atoms in total.